The average molecular weight is 471 g/mol. The molecule has 0 fully saturated rings. The fraction of sp³-hybridized carbons (Fsp3) is 0.292. The summed E-state index contributed by atoms with van der Waals surface area (Å²) in [5.74, 6) is -0.328. The number of ether oxygens (including phenoxy) is 2. The lowest BCUT2D eigenvalue weighted by Crippen LogP contribution is -2.41. The Morgan fingerprint density at radius 2 is 1.76 bits per heavy atom. The van der Waals surface area contributed by atoms with Crippen molar-refractivity contribution >= 4 is 29.4 Å². The molecule has 0 atom stereocenters. The Morgan fingerprint density at radius 3 is 2.39 bits per heavy atom. The van der Waals surface area contributed by atoms with Crippen LogP contribution in [0.1, 0.15) is 5.56 Å². The highest BCUT2D eigenvalue weighted by atomic mass is 35.5. The van der Waals surface area contributed by atoms with E-state index in [1.54, 1.807) is 16.7 Å². The number of carbonyl (C=O) groups excluding carboxylic acids is 2. The van der Waals surface area contributed by atoms with Crippen molar-refractivity contribution in [3.8, 4) is 16.9 Å². The van der Waals surface area contributed by atoms with Crippen LogP contribution in [0.2, 0.25) is 5.02 Å². The summed E-state index contributed by atoms with van der Waals surface area (Å²) in [6.45, 7) is 2.32. The fourth-order valence-corrected chi connectivity index (χ4v) is 3.30. The number of anilines is 1. The molecule has 3 rings (SSSR count). The van der Waals surface area contributed by atoms with E-state index in [9.17, 15) is 9.59 Å². The maximum Gasteiger partial charge on any atom is 0.249 e. The van der Waals surface area contributed by atoms with Gasteiger partial charge in [0.25, 0.3) is 0 Å². The standard InChI is InChI=1S/C24H27ClN4O4/c1-17-4-10-20(11-5-17)29-14-21(18-6-8-19(25)9-7-18)26-24(29)27-22(30)15-28(12-13-32-2)23(31)16-33-3/h4-11,14H,12-13,15-16H2,1-3H3,(H,26,27,30). The van der Waals surface area contributed by atoms with E-state index in [0.29, 0.717) is 23.3 Å². The molecule has 0 aliphatic heterocycles. The number of halogens is 1. The van der Waals surface area contributed by atoms with Crippen molar-refractivity contribution in [2.24, 2.45) is 0 Å². The Hall–Kier alpha value is -3.20. The molecule has 0 unspecified atom stereocenters. The lowest BCUT2D eigenvalue weighted by molar-refractivity contribution is -0.138. The summed E-state index contributed by atoms with van der Waals surface area (Å²) in [4.78, 5) is 31.2. The van der Waals surface area contributed by atoms with Gasteiger partial charge in [-0.2, -0.15) is 0 Å². The molecule has 8 nitrogen and oxygen atoms in total. The predicted molar refractivity (Wildman–Crippen MR) is 128 cm³/mol. The number of amides is 2. The van der Waals surface area contributed by atoms with Crippen molar-refractivity contribution < 1.29 is 19.1 Å². The number of rotatable bonds is 10. The van der Waals surface area contributed by atoms with Gasteiger partial charge in [0.2, 0.25) is 17.8 Å². The minimum absolute atomic E-state index is 0.115. The summed E-state index contributed by atoms with van der Waals surface area (Å²) in [5, 5.41) is 3.47. The van der Waals surface area contributed by atoms with E-state index in [1.165, 1.54) is 19.1 Å². The van der Waals surface area contributed by atoms with Crippen LogP contribution in [0.3, 0.4) is 0 Å². The van der Waals surface area contributed by atoms with Crippen LogP contribution in [0.5, 0.6) is 0 Å². The molecule has 1 heterocycles. The van der Waals surface area contributed by atoms with E-state index < -0.39 is 0 Å². The summed E-state index contributed by atoms with van der Waals surface area (Å²) in [7, 11) is 2.97. The van der Waals surface area contributed by atoms with Crippen LogP contribution in [0.4, 0.5) is 5.95 Å². The van der Waals surface area contributed by atoms with Crippen LogP contribution in [0, 0.1) is 6.92 Å². The molecule has 2 aromatic carbocycles. The predicted octanol–water partition coefficient (Wildman–Crippen LogP) is 3.56. The second-order valence-corrected chi connectivity index (χ2v) is 7.89. The molecule has 2 amide bonds. The molecule has 0 aliphatic rings. The van der Waals surface area contributed by atoms with Gasteiger partial charge >= 0.3 is 0 Å². The first-order valence-electron chi connectivity index (χ1n) is 10.4. The Kier molecular flexibility index (Phi) is 8.59. The largest absolute Gasteiger partial charge is 0.383 e. The summed E-state index contributed by atoms with van der Waals surface area (Å²) in [6, 6.07) is 15.2. The lowest BCUT2D eigenvalue weighted by Gasteiger charge is -2.21. The third-order valence-corrected chi connectivity index (χ3v) is 5.18. The Morgan fingerprint density at radius 1 is 1.06 bits per heavy atom. The van der Waals surface area contributed by atoms with Gasteiger partial charge in [-0.1, -0.05) is 41.4 Å². The molecule has 0 saturated heterocycles. The van der Waals surface area contributed by atoms with E-state index in [2.05, 4.69) is 10.3 Å². The molecule has 1 N–H and O–H groups in total. The van der Waals surface area contributed by atoms with E-state index in [4.69, 9.17) is 21.1 Å². The van der Waals surface area contributed by atoms with Crippen LogP contribution >= 0.6 is 11.6 Å². The van der Waals surface area contributed by atoms with Crippen LogP contribution in [-0.2, 0) is 19.1 Å². The first kappa shape index (κ1) is 24.4. The molecule has 1 aromatic heterocycles. The molecule has 0 radical (unpaired) electrons. The van der Waals surface area contributed by atoms with Crippen LogP contribution in [0.25, 0.3) is 16.9 Å². The van der Waals surface area contributed by atoms with Crippen molar-refractivity contribution in [2.75, 3.05) is 45.8 Å². The first-order valence-corrected chi connectivity index (χ1v) is 10.8. The summed E-state index contributed by atoms with van der Waals surface area (Å²) < 4.78 is 11.8. The zero-order chi connectivity index (χ0) is 23.8. The number of hydrogen-bond donors (Lipinski definition) is 1. The third-order valence-electron chi connectivity index (χ3n) is 4.93. The number of methoxy groups -OCH3 is 2. The van der Waals surface area contributed by atoms with E-state index in [-0.39, 0.29) is 31.5 Å². The van der Waals surface area contributed by atoms with Gasteiger partial charge in [-0.3, -0.25) is 19.5 Å². The van der Waals surface area contributed by atoms with Gasteiger partial charge in [-0.25, -0.2) is 4.98 Å². The number of aromatic nitrogens is 2. The SMILES string of the molecule is COCCN(CC(=O)Nc1nc(-c2ccc(Cl)cc2)cn1-c1ccc(C)cc1)C(=O)COC. The highest BCUT2D eigenvalue weighted by molar-refractivity contribution is 6.30. The number of nitrogens with one attached hydrogen (secondary N) is 1. The van der Waals surface area contributed by atoms with E-state index in [0.717, 1.165) is 16.8 Å². The van der Waals surface area contributed by atoms with Gasteiger partial charge in [0.05, 0.1) is 12.3 Å². The Bertz CT molecular complexity index is 1080. The molecule has 0 bridgehead atoms. The van der Waals surface area contributed by atoms with Crippen LogP contribution in [0.15, 0.2) is 54.7 Å². The fourth-order valence-electron chi connectivity index (χ4n) is 3.18. The van der Waals surface area contributed by atoms with Crippen molar-refractivity contribution in [2.45, 2.75) is 6.92 Å². The molecule has 0 spiro atoms. The normalized spacial score (nSPS) is 10.8. The maximum absolute atomic E-state index is 12.9. The third kappa shape index (κ3) is 6.64. The van der Waals surface area contributed by atoms with Gasteiger partial charge in [-0.15, -0.1) is 0 Å². The number of hydrogen-bond acceptors (Lipinski definition) is 5. The smallest absolute Gasteiger partial charge is 0.249 e. The zero-order valence-corrected chi connectivity index (χ0v) is 19.6. The second kappa shape index (κ2) is 11.6. The van der Waals surface area contributed by atoms with Gasteiger partial charge in [0.15, 0.2) is 0 Å². The molecule has 9 heteroatoms. The number of aryl methyl sites for hydroxylation is 1. The van der Waals surface area contributed by atoms with E-state index >= 15 is 0 Å². The monoisotopic (exact) mass is 470 g/mol. The average Bonchev–Trinajstić information content (AvgIpc) is 3.21. The first-order chi connectivity index (χ1) is 15.9. The molecule has 0 aliphatic carbocycles. The molecular weight excluding hydrogens is 444 g/mol. The molecule has 174 valence electrons. The van der Waals surface area contributed by atoms with Crippen LogP contribution < -0.4 is 5.32 Å². The van der Waals surface area contributed by atoms with E-state index in [1.807, 2.05) is 49.5 Å². The molecule has 33 heavy (non-hydrogen) atoms. The van der Waals surface area contributed by atoms with Crippen LogP contribution in [-0.4, -0.2) is 66.8 Å². The highest BCUT2D eigenvalue weighted by Crippen LogP contribution is 2.25. The van der Waals surface area contributed by atoms with Crippen molar-refractivity contribution in [1.82, 2.24) is 14.5 Å². The van der Waals surface area contributed by atoms with Gasteiger partial charge in [0, 0.05) is 43.2 Å². The summed E-state index contributed by atoms with van der Waals surface area (Å²) in [5.41, 5.74) is 3.50. The Labute approximate surface area is 198 Å². The zero-order valence-electron chi connectivity index (χ0n) is 18.9. The number of carbonyl (C=O) groups is 2. The molecule has 0 saturated carbocycles. The molecule has 3 aromatic rings. The second-order valence-electron chi connectivity index (χ2n) is 7.45. The topological polar surface area (TPSA) is 85.7 Å². The minimum atomic E-state index is -0.378. The number of imidazole rings is 1. The minimum Gasteiger partial charge on any atom is -0.383 e. The van der Waals surface area contributed by atoms with Gasteiger partial charge < -0.3 is 14.4 Å². The van der Waals surface area contributed by atoms with Crippen molar-refractivity contribution in [3.63, 3.8) is 0 Å². The van der Waals surface area contributed by atoms with Crippen molar-refractivity contribution in [1.29, 1.82) is 0 Å². The number of benzene rings is 2. The van der Waals surface area contributed by atoms with Gasteiger partial charge in [-0.05, 0) is 31.2 Å². The summed E-state index contributed by atoms with van der Waals surface area (Å²) >= 11 is 6.02. The van der Waals surface area contributed by atoms with Gasteiger partial charge in [0.1, 0.15) is 13.2 Å². The quantitative estimate of drug-likeness (QED) is 0.489. The van der Waals surface area contributed by atoms with Crippen molar-refractivity contribution in [3.05, 3.63) is 65.3 Å². The maximum atomic E-state index is 12.9. The highest BCUT2D eigenvalue weighted by Gasteiger charge is 2.19. The molecular formula is C24H27ClN4O4. The lowest BCUT2D eigenvalue weighted by atomic mass is 10.2. The summed E-state index contributed by atoms with van der Waals surface area (Å²) in [6.07, 6.45) is 1.85. The Balaban J connectivity index is 1.88. The number of nitrogens with zero attached hydrogens (tertiary/aromatic N) is 3.